The van der Waals surface area contributed by atoms with Gasteiger partial charge >= 0.3 is 5.97 Å². The van der Waals surface area contributed by atoms with Crippen LogP contribution >= 0.6 is 0 Å². The van der Waals surface area contributed by atoms with Crippen molar-refractivity contribution in [2.75, 3.05) is 18.1 Å². The van der Waals surface area contributed by atoms with E-state index in [4.69, 9.17) is 5.11 Å². The first-order chi connectivity index (χ1) is 8.82. The zero-order valence-corrected chi connectivity index (χ0v) is 11.1. The molecule has 0 amide bonds. The van der Waals surface area contributed by atoms with Gasteiger partial charge in [-0.15, -0.1) is 0 Å². The summed E-state index contributed by atoms with van der Waals surface area (Å²) in [6, 6.07) is 0.936. The molecule has 2 unspecified atom stereocenters. The monoisotopic (exact) mass is 287 g/mol. The van der Waals surface area contributed by atoms with Gasteiger partial charge in [-0.1, -0.05) is 0 Å². The van der Waals surface area contributed by atoms with Gasteiger partial charge < -0.3 is 10.4 Å². The van der Waals surface area contributed by atoms with Gasteiger partial charge in [0.1, 0.15) is 17.6 Å². The lowest BCUT2D eigenvalue weighted by Crippen LogP contribution is -2.22. The highest BCUT2D eigenvalue weighted by Crippen LogP contribution is 2.19. The summed E-state index contributed by atoms with van der Waals surface area (Å²) in [7, 11) is -1.06. The summed E-state index contributed by atoms with van der Waals surface area (Å²) in [5.41, 5.74) is -0.682. The topological polar surface area (TPSA) is 122 Å². The standard InChI is InChI=1S/C10H13N3O5S/c1-6(19(2)18)4-11-9-8(10(14)15)3-7(5-12-9)13(16)17/h3,5-6H,4H2,1-2H3,(H,11,12)(H,14,15). The number of nitrogens with one attached hydrogen (secondary N) is 1. The van der Waals surface area contributed by atoms with Gasteiger partial charge in [-0.05, 0) is 6.92 Å². The highest BCUT2D eigenvalue weighted by molar-refractivity contribution is 7.84. The van der Waals surface area contributed by atoms with Crippen molar-refractivity contribution in [2.45, 2.75) is 12.2 Å². The van der Waals surface area contributed by atoms with Gasteiger partial charge in [-0.2, -0.15) is 0 Å². The van der Waals surface area contributed by atoms with Crippen LogP contribution in [0.1, 0.15) is 17.3 Å². The van der Waals surface area contributed by atoms with E-state index in [0.717, 1.165) is 12.3 Å². The predicted molar refractivity (Wildman–Crippen MR) is 69.9 cm³/mol. The molecule has 1 aromatic rings. The molecule has 19 heavy (non-hydrogen) atoms. The third-order valence-corrected chi connectivity index (χ3v) is 3.74. The maximum Gasteiger partial charge on any atom is 0.339 e. The van der Waals surface area contributed by atoms with Crippen LogP contribution in [0.25, 0.3) is 0 Å². The largest absolute Gasteiger partial charge is 0.478 e. The Kier molecular flexibility index (Phi) is 4.93. The molecule has 0 aliphatic heterocycles. The van der Waals surface area contributed by atoms with E-state index in [-0.39, 0.29) is 23.2 Å². The number of nitro groups is 1. The summed E-state index contributed by atoms with van der Waals surface area (Å²) in [6.07, 6.45) is 2.51. The van der Waals surface area contributed by atoms with Crippen molar-refractivity contribution < 1.29 is 19.0 Å². The Morgan fingerprint density at radius 3 is 2.79 bits per heavy atom. The highest BCUT2D eigenvalue weighted by atomic mass is 32.2. The maximum atomic E-state index is 11.2. The first-order valence-electron chi connectivity index (χ1n) is 5.26. The predicted octanol–water partition coefficient (Wildman–Crippen LogP) is 0.867. The Morgan fingerprint density at radius 2 is 2.32 bits per heavy atom. The molecule has 0 saturated carbocycles. The van der Waals surface area contributed by atoms with Crippen LogP contribution in [0.4, 0.5) is 11.5 Å². The molecule has 2 atom stereocenters. The molecule has 0 fully saturated rings. The van der Waals surface area contributed by atoms with Crippen molar-refractivity contribution in [3.05, 3.63) is 27.9 Å². The third kappa shape index (κ3) is 3.98. The van der Waals surface area contributed by atoms with Gasteiger partial charge in [-0.25, -0.2) is 9.78 Å². The van der Waals surface area contributed by atoms with Gasteiger partial charge in [0, 0.05) is 34.9 Å². The van der Waals surface area contributed by atoms with Crippen LogP contribution in [0, 0.1) is 10.1 Å². The van der Waals surface area contributed by atoms with Crippen molar-refractivity contribution in [3.8, 4) is 0 Å². The molecule has 104 valence electrons. The summed E-state index contributed by atoms with van der Waals surface area (Å²) in [6.45, 7) is 1.99. The summed E-state index contributed by atoms with van der Waals surface area (Å²) in [5, 5.41) is 22.1. The molecule has 0 spiro atoms. The fraction of sp³-hybridized carbons (Fsp3) is 0.400. The molecule has 9 heteroatoms. The SMILES string of the molecule is CC(CNc1ncc([N+](=O)[O-])cc1C(=O)O)S(C)=O. The van der Waals surface area contributed by atoms with Gasteiger partial charge in [0.2, 0.25) is 0 Å². The van der Waals surface area contributed by atoms with Gasteiger partial charge in [0.05, 0.1) is 4.92 Å². The Bertz CT molecular complexity index is 534. The van der Waals surface area contributed by atoms with E-state index in [2.05, 4.69) is 10.3 Å². The number of hydrogen-bond donors (Lipinski definition) is 2. The molecule has 0 aromatic carbocycles. The van der Waals surface area contributed by atoms with E-state index in [1.807, 2.05) is 0 Å². The minimum absolute atomic E-state index is 0.0235. The molecule has 0 saturated heterocycles. The molecule has 0 aliphatic rings. The maximum absolute atomic E-state index is 11.2. The number of aromatic carboxylic acids is 1. The highest BCUT2D eigenvalue weighted by Gasteiger charge is 2.18. The molecule has 0 radical (unpaired) electrons. The molecular formula is C10H13N3O5S. The number of aromatic nitrogens is 1. The lowest BCUT2D eigenvalue weighted by atomic mass is 10.2. The Morgan fingerprint density at radius 1 is 1.68 bits per heavy atom. The van der Waals surface area contributed by atoms with Crippen molar-refractivity contribution in [2.24, 2.45) is 0 Å². The zero-order valence-electron chi connectivity index (χ0n) is 10.3. The third-order valence-electron chi connectivity index (χ3n) is 2.44. The lowest BCUT2D eigenvalue weighted by molar-refractivity contribution is -0.385. The van der Waals surface area contributed by atoms with Gasteiger partial charge in [0.15, 0.2) is 0 Å². The van der Waals surface area contributed by atoms with Crippen molar-refractivity contribution >= 4 is 28.3 Å². The molecule has 1 heterocycles. The number of carboxylic acids is 1. The molecule has 1 rings (SSSR count). The smallest absolute Gasteiger partial charge is 0.339 e. The minimum Gasteiger partial charge on any atom is -0.478 e. The van der Waals surface area contributed by atoms with Crippen molar-refractivity contribution in [1.82, 2.24) is 4.98 Å². The average Bonchev–Trinajstić information content (AvgIpc) is 2.35. The Balaban J connectivity index is 2.97. The molecule has 1 aromatic heterocycles. The minimum atomic E-state index is -1.32. The van der Waals surface area contributed by atoms with E-state index in [1.54, 1.807) is 6.92 Å². The second kappa shape index (κ2) is 6.23. The molecule has 0 bridgehead atoms. The number of carbonyl (C=O) groups is 1. The summed E-state index contributed by atoms with van der Waals surface area (Å²) in [4.78, 5) is 24.6. The molecule has 0 aliphatic carbocycles. The number of anilines is 1. The molecule has 2 N–H and O–H groups in total. The number of hydrogen-bond acceptors (Lipinski definition) is 6. The summed E-state index contributed by atoms with van der Waals surface area (Å²) < 4.78 is 11.2. The summed E-state index contributed by atoms with van der Waals surface area (Å²) >= 11 is 0. The Labute approximate surface area is 111 Å². The van der Waals surface area contributed by atoms with Crippen LogP contribution in [0.5, 0.6) is 0 Å². The van der Waals surface area contributed by atoms with E-state index in [0.29, 0.717) is 0 Å². The second-order valence-electron chi connectivity index (χ2n) is 3.84. The van der Waals surface area contributed by atoms with Gasteiger partial charge in [-0.3, -0.25) is 14.3 Å². The average molecular weight is 287 g/mol. The van der Waals surface area contributed by atoms with E-state index in [9.17, 15) is 19.1 Å². The first kappa shape index (κ1) is 15.0. The van der Waals surface area contributed by atoms with Crippen LogP contribution in [-0.2, 0) is 10.8 Å². The fourth-order valence-electron chi connectivity index (χ4n) is 1.22. The van der Waals surface area contributed by atoms with Gasteiger partial charge in [0.25, 0.3) is 5.69 Å². The summed E-state index contributed by atoms with van der Waals surface area (Å²) in [5.74, 6) is -1.29. The lowest BCUT2D eigenvalue weighted by Gasteiger charge is -2.11. The van der Waals surface area contributed by atoms with Crippen LogP contribution in [-0.4, -0.2) is 43.2 Å². The van der Waals surface area contributed by atoms with Crippen LogP contribution < -0.4 is 5.32 Å². The van der Waals surface area contributed by atoms with Crippen LogP contribution in [0.3, 0.4) is 0 Å². The zero-order chi connectivity index (χ0) is 14.6. The number of pyridine rings is 1. The first-order valence-corrected chi connectivity index (χ1v) is 6.89. The molecular weight excluding hydrogens is 274 g/mol. The fourth-order valence-corrected chi connectivity index (χ4v) is 1.53. The Hall–Kier alpha value is -2.03. The van der Waals surface area contributed by atoms with E-state index < -0.39 is 27.4 Å². The van der Waals surface area contributed by atoms with Crippen LogP contribution in [0.15, 0.2) is 12.3 Å². The normalized spacial score (nSPS) is 13.6. The quantitative estimate of drug-likeness (QED) is 0.587. The van der Waals surface area contributed by atoms with Crippen LogP contribution in [0.2, 0.25) is 0 Å². The van der Waals surface area contributed by atoms with E-state index >= 15 is 0 Å². The number of rotatable bonds is 6. The van der Waals surface area contributed by atoms with E-state index in [1.165, 1.54) is 6.26 Å². The number of nitrogens with zero attached hydrogens (tertiary/aromatic N) is 2. The van der Waals surface area contributed by atoms with Crippen molar-refractivity contribution in [3.63, 3.8) is 0 Å². The molecule has 8 nitrogen and oxygen atoms in total. The van der Waals surface area contributed by atoms with Crippen molar-refractivity contribution in [1.29, 1.82) is 0 Å². The second-order valence-corrected chi connectivity index (χ2v) is 5.64. The number of carboxylic acid groups (broad SMARTS) is 1.